The molecule has 4 rings (SSSR count). The molecule has 4 heterocycles. The van der Waals surface area contributed by atoms with E-state index in [1.165, 1.54) is 9.13 Å². The molecule has 2 aromatic heterocycles. The molecule has 224 valence electrons. The van der Waals surface area contributed by atoms with Gasteiger partial charge in [0.2, 0.25) is 0 Å². The van der Waals surface area contributed by atoms with Gasteiger partial charge in [-0.15, -0.1) is 23.5 Å². The maximum absolute atomic E-state index is 12.7. The van der Waals surface area contributed by atoms with Crippen molar-refractivity contribution in [2.45, 2.75) is 119 Å². The highest BCUT2D eigenvalue weighted by molar-refractivity contribution is 7.99. The van der Waals surface area contributed by atoms with Crippen LogP contribution in [0.5, 0.6) is 11.8 Å². The van der Waals surface area contributed by atoms with Crippen molar-refractivity contribution in [1.82, 2.24) is 9.13 Å². The lowest BCUT2D eigenvalue weighted by molar-refractivity contribution is -0.120. The lowest BCUT2D eigenvalue weighted by atomic mass is 9.93. The molecule has 8 nitrogen and oxygen atoms in total. The average Bonchev–Trinajstić information content (AvgIpc) is 3.53. The second-order valence-electron chi connectivity index (χ2n) is 12.4. The largest absolute Gasteiger partial charge is 0.494 e. The zero-order valence-corrected chi connectivity index (χ0v) is 26.2. The molecule has 2 aromatic rings. The third kappa shape index (κ3) is 7.13. The van der Waals surface area contributed by atoms with E-state index in [0.717, 1.165) is 45.3 Å². The third-order valence-electron chi connectivity index (χ3n) is 8.34. The zero-order chi connectivity index (χ0) is 29.9. The quantitative estimate of drug-likeness (QED) is 0.290. The number of pyridine rings is 2. The standard InChI is InChI=1S/C31H42N2O6S2/c1-30(2,32-26(36)18-24-22(28(32)38)12-16-40-24)14-6-10-20(34)8-5-9-21(35)11-7-15-31(3,4)33-27(37)19-25-23(29(33)39)13-17-41-25/h18-19,38-39H,5-17H2,1-4H3. The topological polar surface area (TPSA) is 119 Å². The van der Waals surface area contributed by atoms with E-state index >= 15 is 0 Å². The van der Waals surface area contributed by atoms with Gasteiger partial charge in [-0.1, -0.05) is 0 Å². The summed E-state index contributed by atoms with van der Waals surface area (Å²) in [6, 6.07) is 3.21. The highest BCUT2D eigenvalue weighted by Crippen LogP contribution is 2.39. The molecule has 10 heteroatoms. The Balaban J connectivity index is 1.17. The van der Waals surface area contributed by atoms with Gasteiger partial charge in [-0.25, -0.2) is 0 Å². The molecule has 0 unspecified atom stereocenters. The maximum atomic E-state index is 12.7. The van der Waals surface area contributed by atoms with Crippen LogP contribution in [0.4, 0.5) is 0 Å². The normalized spacial score (nSPS) is 14.7. The molecular formula is C31H42N2O6S2. The summed E-state index contributed by atoms with van der Waals surface area (Å²) in [5, 5.41) is 21.5. The molecule has 0 radical (unpaired) electrons. The Bertz CT molecular complexity index is 1330. The number of aromatic nitrogens is 2. The number of thioether (sulfide) groups is 2. The van der Waals surface area contributed by atoms with Gasteiger partial charge in [-0.2, -0.15) is 0 Å². The minimum absolute atomic E-state index is 0.0472. The summed E-state index contributed by atoms with van der Waals surface area (Å²) < 4.78 is 2.92. The predicted octanol–water partition coefficient (Wildman–Crippen LogP) is 5.54. The monoisotopic (exact) mass is 602 g/mol. The average molecular weight is 603 g/mol. The Morgan fingerprint density at radius 3 is 1.46 bits per heavy atom. The maximum Gasteiger partial charge on any atom is 0.254 e. The van der Waals surface area contributed by atoms with Gasteiger partial charge in [-0.3, -0.25) is 28.3 Å². The van der Waals surface area contributed by atoms with Gasteiger partial charge in [0.1, 0.15) is 11.6 Å². The fourth-order valence-corrected chi connectivity index (χ4v) is 8.20. The molecular weight excluding hydrogens is 560 g/mol. The Morgan fingerprint density at radius 2 is 1.07 bits per heavy atom. The molecule has 0 aromatic carbocycles. The Hall–Kier alpha value is -2.46. The van der Waals surface area contributed by atoms with Gasteiger partial charge in [0, 0.05) is 81.3 Å². The molecule has 41 heavy (non-hydrogen) atoms. The summed E-state index contributed by atoms with van der Waals surface area (Å²) in [6.07, 6.45) is 5.78. The summed E-state index contributed by atoms with van der Waals surface area (Å²) in [7, 11) is 0. The molecule has 2 aliphatic heterocycles. The Morgan fingerprint density at radius 1 is 0.707 bits per heavy atom. The van der Waals surface area contributed by atoms with Gasteiger partial charge in [-0.05, 0) is 72.6 Å². The fraction of sp³-hybridized carbons (Fsp3) is 0.613. The Labute approximate surface area is 249 Å². The molecule has 0 atom stereocenters. The van der Waals surface area contributed by atoms with Crippen LogP contribution in [0, 0.1) is 0 Å². The number of hydrogen-bond donors (Lipinski definition) is 2. The van der Waals surface area contributed by atoms with Crippen LogP contribution in [0.3, 0.4) is 0 Å². The summed E-state index contributed by atoms with van der Waals surface area (Å²) >= 11 is 3.18. The number of hydrogen-bond acceptors (Lipinski definition) is 8. The minimum Gasteiger partial charge on any atom is -0.494 e. The second-order valence-corrected chi connectivity index (χ2v) is 14.7. The summed E-state index contributed by atoms with van der Waals surface area (Å²) in [5.41, 5.74) is -0.00127. The van der Waals surface area contributed by atoms with Gasteiger partial charge < -0.3 is 10.2 Å². The van der Waals surface area contributed by atoms with E-state index in [2.05, 4.69) is 0 Å². The van der Waals surface area contributed by atoms with Crippen molar-refractivity contribution >= 4 is 35.1 Å². The predicted molar refractivity (Wildman–Crippen MR) is 164 cm³/mol. The van der Waals surface area contributed by atoms with E-state index in [-0.39, 0.29) is 34.4 Å². The van der Waals surface area contributed by atoms with E-state index in [4.69, 9.17) is 0 Å². The van der Waals surface area contributed by atoms with Crippen LogP contribution in [0.2, 0.25) is 0 Å². The van der Waals surface area contributed by atoms with Crippen LogP contribution >= 0.6 is 23.5 Å². The highest BCUT2D eigenvalue weighted by atomic mass is 32.2. The van der Waals surface area contributed by atoms with Gasteiger partial charge in [0.25, 0.3) is 11.1 Å². The third-order valence-corrected chi connectivity index (χ3v) is 10.5. The number of aromatic hydroxyl groups is 2. The van der Waals surface area contributed by atoms with Crippen LogP contribution in [0.25, 0.3) is 0 Å². The van der Waals surface area contributed by atoms with E-state index in [1.807, 2.05) is 27.7 Å². The number of carbonyl (C=O) groups excluding carboxylic acids is 2. The van der Waals surface area contributed by atoms with Crippen molar-refractivity contribution < 1.29 is 19.8 Å². The highest BCUT2D eigenvalue weighted by Gasteiger charge is 2.30. The molecule has 0 saturated carbocycles. The van der Waals surface area contributed by atoms with Crippen molar-refractivity contribution in [3.63, 3.8) is 0 Å². The molecule has 0 spiro atoms. The van der Waals surface area contributed by atoms with Crippen LogP contribution < -0.4 is 11.1 Å². The summed E-state index contributed by atoms with van der Waals surface area (Å²) in [5.74, 6) is 2.02. The van der Waals surface area contributed by atoms with Crippen molar-refractivity contribution in [3.05, 3.63) is 44.0 Å². The minimum atomic E-state index is -0.617. The number of nitrogens with zero attached hydrogens (tertiary/aromatic N) is 2. The molecule has 2 aliphatic rings. The van der Waals surface area contributed by atoms with E-state index in [0.29, 0.717) is 57.8 Å². The smallest absolute Gasteiger partial charge is 0.254 e. The first-order valence-corrected chi connectivity index (χ1v) is 16.5. The van der Waals surface area contributed by atoms with Crippen LogP contribution in [0.1, 0.15) is 96.6 Å². The van der Waals surface area contributed by atoms with Crippen molar-refractivity contribution in [3.8, 4) is 11.8 Å². The second kappa shape index (κ2) is 12.8. The molecule has 0 fully saturated rings. The number of fused-ring (bicyclic) bond motifs is 2. The Kier molecular flexibility index (Phi) is 9.84. The molecule has 0 bridgehead atoms. The lowest BCUT2D eigenvalue weighted by Gasteiger charge is -2.29. The first-order valence-electron chi connectivity index (χ1n) is 14.6. The molecule has 0 saturated heterocycles. The number of carbonyl (C=O) groups is 2. The van der Waals surface area contributed by atoms with Crippen molar-refractivity contribution in [1.29, 1.82) is 0 Å². The van der Waals surface area contributed by atoms with Gasteiger partial charge in [0.05, 0.1) is 0 Å². The first kappa shape index (κ1) is 31.5. The summed E-state index contributed by atoms with van der Waals surface area (Å²) in [6.45, 7) is 7.64. The van der Waals surface area contributed by atoms with Gasteiger partial charge >= 0.3 is 0 Å². The van der Waals surface area contributed by atoms with Crippen molar-refractivity contribution in [2.24, 2.45) is 0 Å². The molecule has 0 amide bonds. The first-order chi connectivity index (χ1) is 19.3. The zero-order valence-electron chi connectivity index (χ0n) is 24.6. The van der Waals surface area contributed by atoms with E-state index in [9.17, 15) is 29.4 Å². The van der Waals surface area contributed by atoms with Crippen molar-refractivity contribution in [2.75, 3.05) is 11.5 Å². The summed E-state index contributed by atoms with van der Waals surface area (Å²) in [4.78, 5) is 52.1. The van der Waals surface area contributed by atoms with Crippen LogP contribution in [-0.2, 0) is 33.5 Å². The van der Waals surface area contributed by atoms with Gasteiger partial charge in [0.15, 0.2) is 11.8 Å². The van der Waals surface area contributed by atoms with E-state index < -0.39 is 11.1 Å². The fourth-order valence-electron chi connectivity index (χ4n) is 6.04. The number of ketones is 2. The van der Waals surface area contributed by atoms with E-state index in [1.54, 1.807) is 35.7 Å². The molecule has 2 N–H and O–H groups in total. The molecule has 0 aliphatic carbocycles. The number of rotatable bonds is 14. The SMILES string of the molecule is CC(C)(CCCC(=O)CCCC(=O)CCCC(C)(C)n1c(O)c2c(cc1=O)SCC2)n1c(O)c2c(cc1=O)SCC2. The van der Waals surface area contributed by atoms with Crippen LogP contribution in [0.15, 0.2) is 31.5 Å². The van der Waals surface area contributed by atoms with Crippen LogP contribution in [-0.4, -0.2) is 42.4 Å². The number of Topliss-reactive ketones (excluding diaryl/α,β-unsaturated/α-hetero) is 2. The lowest BCUT2D eigenvalue weighted by Crippen LogP contribution is -2.36.